The van der Waals surface area contributed by atoms with Crippen LogP contribution in [0.25, 0.3) is 0 Å². The molecule has 1 aromatic heterocycles. The molecule has 0 saturated carbocycles. The zero-order valence-corrected chi connectivity index (χ0v) is 12.1. The molecule has 0 aliphatic rings. The van der Waals surface area contributed by atoms with Crippen LogP contribution in [0.5, 0.6) is 5.75 Å². The molecule has 20 heavy (non-hydrogen) atoms. The van der Waals surface area contributed by atoms with Crippen molar-refractivity contribution in [3.05, 3.63) is 52.7 Å². The molecule has 0 bridgehead atoms. The third kappa shape index (κ3) is 3.96. The number of hydrogen-bond acceptors (Lipinski definition) is 3. The Labute approximate surface area is 122 Å². The number of anilines is 1. The summed E-state index contributed by atoms with van der Waals surface area (Å²) in [6, 6.07) is 10.9. The summed E-state index contributed by atoms with van der Waals surface area (Å²) in [6.45, 7) is 3.71. The molecule has 0 aliphatic heterocycles. The van der Waals surface area contributed by atoms with E-state index in [2.05, 4.69) is 10.3 Å². The van der Waals surface area contributed by atoms with Crippen LogP contribution in [0.2, 0.25) is 5.02 Å². The van der Waals surface area contributed by atoms with Crippen molar-refractivity contribution in [2.24, 2.45) is 0 Å². The average Bonchev–Trinajstić information content (AvgIpc) is 2.42. The summed E-state index contributed by atoms with van der Waals surface area (Å²) in [5.74, 6) is 0.857. The molecule has 1 aromatic carbocycles. The number of nitrogens with zero attached hydrogens (tertiary/aromatic N) is 1. The van der Waals surface area contributed by atoms with Gasteiger partial charge in [0, 0.05) is 0 Å². The van der Waals surface area contributed by atoms with Crippen LogP contribution in [-0.4, -0.2) is 17.5 Å². The molecule has 0 fully saturated rings. The minimum absolute atomic E-state index is 0.0631. The summed E-state index contributed by atoms with van der Waals surface area (Å²) in [6.07, 6.45) is 0. The van der Waals surface area contributed by atoms with Gasteiger partial charge in [0.25, 0.3) is 5.91 Å². The number of halogens is 1. The summed E-state index contributed by atoms with van der Waals surface area (Å²) in [5, 5.41) is 3.23. The molecule has 0 atom stereocenters. The summed E-state index contributed by atoms with van der Waals surface area (Å²) >= 11 is 5.87. The van der Waals surface area contributed by atoms with Crippen molar-refractivity contribution in [2.45, 2.75) is 13.8 Å². The lowest BCUT2D eigenvalue weighted by molar-refractivity contribution is -0.118. The zero-order valence-electron chi connectivity index (χ0n) is 11.3. The number of ether oxygens (including phenoxy) is 1. The number of hydrogen-bond donors (Lipinski definition) is 1. The topological polar surface area (TPSA) is 51.2 Å². The van der Waals surface area contributed by atoms with Crippen LogP contribution in [0.1, 0.15) is 11.3 Å². The van der Waals surface area contributed by atoms with Crippen molar-refractivity contribution in [3.8, 4) is 5.75 Å². The molecule has 0 unspecified atom stereocenters. The van der Waals surface area contributed by atoms with Crippen molar-refractivity contribution in [2.75, 3.05) is 11.9 Å². The van der Waals surface area contributed by atoms with E-state index in [1.165, 1.54) is 0 Å². The number of nitrogens with one attached hydrogen (secondary N) is 1. The van der Waals surface area contributed by atoms with Gasteiger partial charge in [-0.25, -0.2) is 4.98 Å². The van der Waals surface area contributed by atoms with Gasteiger partial charge in [0.1, 0.15) is 11.6 Å². The fourth-order valence-corrected chi connectivity index (χ4v) is 1.68. The van der Waals surface area contributed by atoms with E-state index in [9.17, 15) is 4.79 Å². The molecule has 2 rings (SSSR count). The van der Waals surface area contributed by atoms with E-state index < -0.39 is 0 Å². The number of aromatic nitrogens is 1. The summed E-state index contributed by atoms with van der Waals surface area (Å²) in [7, 11) is 0. The first-order chi connectivity index (χ1) is 9.54. The standard InChI is InChI=1S/C15H15ClN2O2/c1-10-3-5-12(6-4-10)20-9-15(19)18-14-8-7-13(16)11(2)17-14/h3-8H,9H2,1-2H3,(H,17,18,19). The molecule has 0 radical (unpaired) electrons. The lowest BCUT2D eigenvalue weighted by atomic mass is 10.2. The predicted octanol–water partition coefficient (Wildman–Crippen LogP) is 3.37. The lowest BCUT2D eigenvalue weighted by Crippen LogP contribution is -2.20. The lowest BCUT2D eigenvalue weighted by Gasteiger charge is -2.08. The fourth-order valence-electron chi connectivity index (χ4n) is 1.58. The first kappa shape index (κ1) is 14.3. The number of aryl methyl sites for hydroxylation is 2. The van der Waals surface area contributed by atoms with Crippen molar-refractivity contribution >= 4 is 23.3 Å². The van der Waals surface area contributed by atoms with Crippen molar-refractivity contribution in [1.82, 2.24) is 4.98 Å². The van der Waals surface area contributed by atoms with Gasteiger partial charge < -0.3 is 10.1 Å². The van der Waals surface area contributed by atoms with Gasteiger partial charge in [0.2, 0.25) is 0 Å². The van der Waals surface area contributed by atoms with Gasteiger partial charge in [-0.05, 0) is 38.1 Å². The van der Waals surface area contributed by atoms with Gasteiger partial charge in [0.05, 0.1) is 10.7 Å². The van der Waals surface area contributed by atoms with E-state index in [-0.39, 0.29) is 12.5 Å². The Morgan fingerprint density at radius 2 is 1.90 bits per heavy atom. The molecule has 0 aliphatic carbocycles. The second-order valence-corrected chi connectivity index (χ2v) is 4.82. The molecule has 2 aromatic rings. The van der Waals surface area contributed by atoms with Crippen molar-refractivity contribution < 1.29 is 9.53 Å². The molecule has 104 valence electrons. The maximum atomic E-state index is 11.7. The second-order valence-electron chi connectivity index (χ2n) is 4.41. The molecule has 4 nitrogen and oxygen atoms in total. The first-order valence-corrected chi connectivity index (χ1v) is 6.55. The number of carbonyl (C=O) groups is 1. The number of benzene rings is 1. The Morgan fingerprint density at radius 3 is 2.55 bits per heavy atom. The minimum atomic E-state index is -0.264. The Hall–Kier alpha value is -2.07. The molecule has 0 spiro atoms. The van der Waals surface area contributed by atoms with Crippen molar-refractivity contribution in [1.29, 1.82) is 0 Å². The molecule has 1 heterocycles. The first-order valence-electron chi connectivity index (χ1n) is 6.17. The molecule has 1 N–H and O–H groups in total. The smallest absolute Gasteiger partial charge is 0.263 e. The zero-order chi connectivity index (χ0) is 14.5. The third-order valence-corrected chi connectivity index (χ3v) is 3.08. The van der Waals surface area contributed by atoms with Crippen LogP contribution >= 0.6 is 11.6 Å². The van der Waals surface area contributed by atoms with Crippen LogP contribution in [0, 0.1) is 13.8 Å². The Kier molecular flexibility index (Phi) is 4.58. The fraction of sp³-hybridized carbons (Fsp3) is 0.200. The van der Waals surface area contributed by atoms with Crippen LogP contribution in [-0.2, 0) is 4.79 Å². The monoisotopic (exact) mass is 290 g/mol. The van der Waals surface area contributed by atoms with E-state index in [0.717, 1.165) is 5.56 Å². The van der Waals surface area contributed by atoms with E-state index >= 15 is 0 Å². The van der Waals surface area contributed by atoms with E-state index in [4.69, 9.17) is 16.3 Å². The largest absolute Gasteiger partial charge is 0.484 e. The summed E-state index contributed by atoms with van der Waals surface area (Å²) in [5.41, 5.74) is 1.81. The van der Waals surface area contributed by atoms with Gasteiger partial charge >= 0.3 is 0 Å². The van der Waals surface area contributed by atoms with Crippen LogP contribution in [0.3, 0.4) is 0 Å². The predicted molar refractivity (Wildman–Crippen MR) is 79.3 cm³/mol. The van der Waals surface area contributed by atoms with Crippen LogP contribution < -0.4 is 10.1 Å². The van der Waals surface area contributed by atoms with Gasteiger partial charge in [-0.2, -0.15) is 0 Å². The molecule has 1 amide bonds. The number of carbonyl (C=O) groups excluding carboxylic acids is 1. The Bertz CT molecular complexity index is 612. The Morgan fingerprint density at radius 1 is 1.20 bits per heavy atom. The summed E-state index contributed by atoms with van der Waals surface area (Å²) < 4.78 is 5.38. The highest BCUT2D eigenvalue weighted by atomic mass is 35.5. The van der Waals surface area contributed by atoms with Gasteiger partial charge in [0.15, 0.2) is 6.61 Å². The van der Waals surface area contributed by atoms with Crippen LogP contribution in [0.4, 0.5) is 5.82 Å². The Balaban J connectivity index is 1.89. The van der Waals surface area contributed by atoms with E-state index in [1.807, 2.05) is 31.2 Å². The molecular weight excluding hydrogens is 276 g/mol. The van der Waals surface area contributed by atoms with Gasteiger partial charge in [-0.3, -0.25) is 4.79 Å². The highest BCUT2D eigenvalue weighted by molar-refractivity contribution is 6.31. The number of pyridine rings is 1. The van der Waals surface area contributed by atoms with Gasteiger partial charge in [-0.15, -0.1) is 0 Å². The normalized spacial score (nSPS) is 10.2. The van der Waals surface area contributed by atoms with E-state index in [1.54, 1.807) is 19.1 Å². The molecule has 5 heteroatoms. The minimum Gasteiger partial charge on any atom is -0.484 e. The molecule has 0 saturated heterocycles. The maximum absolute atomic E-state index is 11.7. The van der Waals surface area contributed by atoms with Gasteiger partial charge in [-0.1, -0.05) is 29.3 Å². The van der Waals surface area contributed by atoms with Crippen LogP contribution in [0.15, 0.2) is 36.4 Å². The van der Waals surface area contributed by atoms with E-state index in [0.29, 0.717) is 22.3 Å². The molecular formula is C15H15ClN2O2. The SMILES string of the molecule is Cc1ccc(OCC(=O)Nc2ccc(Cl)c(C)n2)cc1. The highest BCUT2D eigenvalue weighted by Gasteiger charge is 2.06. The average molecular weight is 291 g/mol. The highest BCUT2D eigenvalue weighted by Crippen LogP contribution is 2.15. The second kappa shape index (κ2) is 6.39. The number of amides is 1. The number of rotatable bonds is 4. The third-order valence-electron chi connectivity index (χ3n) is 2.68. The quantitative estimate of drug-likeness (QED) is 0.939. The summed E-state index contributed by atoms with van der Waals surface area (Å²) in [4.78, 5) is 15.9. The maximum Gasteiger partial charge on any atom is 0.263 e. The van der Waals surface area contributed by atoms with Crippen molar-refractivity contribution in [3.63, 3.8) is 0 Å².